The Morgan fingerprint density at radius 3 is 2.36 bits per heavy atom. The molecule has 1 heterocycles. The fourth-order valence-corrected chi connectivity index (χ4v) is 2.63. The molecular formula is C21H15BrN2O4. The number of carboxylic acid groups (broad SMARTS) is 1. The van der Waals surface area contributed by atoms with Crippen molar-refractivity contribution in [3.8, 4) is 11.6 Å². The lowest BCUT2D eigenvalue weighted by Crippen LogP contribution is -2.27. The van der Waals surface area contributed by atoms with E-state index in [4.69, 9.17) is 4.74 Å². The Hall–Kier alpha value is -3.45. The first kappa shape index (κ1) is 19.3. The first-order valence-corrected chi connectivity index (χ1v) is 9.02. The van der Waals surface area contributed by atoms with Gasteiger partial charge in [0.05, 0.1) is 4.47 Å². The largest absolute Gasteiger partial charge is 0.477 e. The van der Waals surface area contributed by atoms with Gasteiger partial charge in [0.25, 0.3) is 5.91 Å². The smallest absolute Gasteiger partial charge is 0.352 e. The summed E-state index contributed by atoms with van der Waals surface area (Å²) in [6, 6.07) is 18.7. The van der Waals surface area contributed by atoms with Crippen molar-refractivity contribution < 1.29 is 19.4 Å². The molecule has 2 N–H and O–H groups in total. The molecule has 2 aromatic carbocycles. The molecule has 7 heteroatoms. The van der Waals surface area contributed by atoms with E-state index in [1.807, 2.05) is 6.07 Å². The van der Waals surface area contributed by atoms with Gasteiger partial charge in [-0.1, -0.05) is 30.3 Å². The van der Waals surface area contributed by atoms with Gasteiger partial charge < -0.3 is 15.2 Å². The van der Waals surface area contributed by atoms with E-state index < -0.39 is 11.9 Å². The number of benzene rings is 2. The van der Waals surface area contributed by atoms with Crippen LogP contribution in [0.2, 0.25) is 0 Å². The molecule has 1 amide bonds. The standard InChI is InChI=1S/C21H15BrN2O4/c22-17-7-4-12-23-20(17)28-16-10-8-14(9-11-16)13-18(21(26)27)24-19(25)15-5-2-1-3-6-15/h1-13H,(H,24,25)(H,26,27)/b18-13-. The number of halogens is 1. The number of aliphatic carboxylic acids is 1. The summed E-state index contributed by atoms with van der Waals surface area (Å²) in [5, 5.41) is 11.8. The third-order valence-electron chi connectivity index (χ3n) is 3.64. The molecule has 0 saturated carbocycles. The van der Waals surface area contributed by atoms with Crippen molar-refractivity contribution in [2.75, 3.05) is 0 Å². The molecule has 0 unspecified atom stereocenters. The lowest BCUT2D eigenvalue weighted by molar-refractivity contribution is -0.132. The van der Waals surface area contributed by atoms with Crippen LogP contribution in [0.1, 0.15) is 15.9 Å². The Morgan fingerprint density at radius 1 is 1.00 bits per heavy atom. The topological polar surface area (TPSA) is 88.5 Å². The molecule has 0 saturated heterocycles. The van der Waals surface area contributed by atoms with E-state index >= 15 is 0 Å². The highest BCUT2D eigenvalue weighted by Crippen LogP contribution is 2.27. The van der Waals surface area contributed by atoms with Crippen molar-refractivity contribution in [2.24, 2.45) is 0 Å². The maximum atomic E-state index is 12.2. The van der Waals surface area contributed by atoms with Crippen LogP contribution in [-0.2, 0) is 4.79 Å². The van der Waals surface area contributed by atoms with Crippen molar-refractivity contribution in [1.29, 1.82) is 0 Å². The second-order valence-corrected chi connectivity index (χ2v) is 6.50. The van der Waals surface area contributed by atoms with E-state index in [-0.39, 0.29) is 5.70 Å². The number of hydrogen-bond acceptors (Lipinski definition) is 4. The van der Waals surface area contributed by atoms with Gasteiger partial charge in [-0.2, -0.15) is 0 Å². The van der Waals surface area contributed by atoms with Crippen molar-refractivity contribution in [1.82, 2.24) is 10.3 Å². The van der Waals surface area contributed by atoms with Crippen LogP contribution in [0.15, 0.2) is 83.1 Å². The molecule has 0 aliphatic carbocycles. The summed E-state index contributed by atoms with van der Waals surface area (Å²) < 4.78 is 6.39. The zero-order chi connectivity index (χ0) is 19.9. The fraction of sp³-hybridized carbons (Fsp3) is 0. The summed E-state index contributed by atoms with van der Waals surface area (Å²) in [5.74, 6) is -0.759. The van der Waals surface area contributed by atoms with Crippen LogP contribution in [0.4, 0.5) is 0 Å². The number of rotatable bonds is 6. The lowest BCUT2D eigenvalue weighted by atomic mass is 10.1. The van der Waals surface area contributed by atoms with Crippen molar-refractivity contribution in [3.63, 3.8) is 0 Å². The van der Waals surface area contributed by atoms with Gasteiger partial charge in [-0.05, 0) is 64.0 Å². The van der Waals surface area contributed by atoms with E-state index in [2.05, 4.69) is 26.2 Å². The fourth-order valence-electron chi connectivity index (χ4n) is 2.29. The van der Waals surface area contributed by atoms with Gasteiger partial charge >= 0.3 is 5.97 Å². The first-order valence-electron chi connectivity index (χ1n) is 8.23. The third kappa shape index (κ3) is 5.05. The highest BCUT2D eigenvalue weighted by molar-refractivity contribution is 9.10. The average Bonchev–Trinajstić information content (AvgIpc) is 2.71. The molecule has 0 fully saturated rings. The number of pyridine rings is 1. The van der Waals surface area contributed by atoms with Gasteiger partial charge in [-0.3, -0.25) is 4.79 Å². The number of carbonyl (C=O) groups excluding carboxylic acids is 1. The zero-order valence-electron chi connectivity index (χ0n) is 14.5. The maximum absolute atomic E-state index is 12.2. The minimum Gasteiger partial charge on any atom is -0.477 e. The van der Waals surface area contributed by atoms with Crippen molar-refractivity contribution in [2.45, 2.75) is 0 Å². The molecule has 1 aromatic heterocycles. The predicted octanol–water partition coefficient (Wildman–Crippen LogP) is 4.49. The number of aromatic nitrogens is 1. The first-order chi connectivity index (χ1) is 13.5. The predicted molar refractivity (Wildman–Crippen MR) is 108 cm³/mol. The Bertz CT molecular complexity index is 1020. The minimum absolute atomic E-state index is 0.227. The van der Waals surface area contributed by atoms with Crippen LogP contribution in [0.25, 0.3) is 6.08 Å². The van der Waals surface area contributed by atoms with Gasteiger partial charge in [0.1, 0.15) is 11.4 Å². The Morgan fingerprint density at radius 2 is 1.71 bits per heavy atom. The molecule has 6 nitrogen and oxygen atoms in total. The molecule has 0 spiro atoms. The van der Waals surface area contributed by atoms with E-state index in [0.29, 0.717) is 22.8 Å². The summed E-state index contributed by atoms with van der Waals surface area (Å²) in [6.07, 6.45) is 3.00. The van der Waals surface area contributed by atoms with Crippen LogP contribution < -0.4 is 10.1 Å². The molecule has 0 aliphatic heterocycles. The van der Waals surface area contributed by atoms with Crippen LogP contribution in [0.5, 0.6) is 11.6 Å². The van der Waals surface area contributed by atoms with Gasteiger partial charge in [0.15, 0.2) is 0 Å². The monoisotopic (exact) mass is 438 g/mol. The number of amides is 1. The van der Waals surface area contributed by atoms with Gasteiger partial charge in [0, 0.05) is 11.8 Å². The second kappa shape index (κ2) is 8.96. The maximum Gasteiger partial charge on any atom is 0.352 e. The molecule has 0 radical (unpaired) electrons. The number of carbonyl (C=O) groups is 2. The summed E-state index contributed by atoms with van der Waals surface area (Å²) in [4.78, 5) is 27.8. The molecule has 0 aliphatic rings. The highest BCUT2D eigenvalue weighted by atomic mass is 79.9. The van der Waals surface area contributed by atoms with E-state index in [0.717, 1.165) is 4.47 Å². The van der Waals surface area contributed by atoms with Crippen LogP contribution in [0, 0.1) is 0 Å². The molecule has 3 aromatic rings. The Balaban J connectivity index is 1.75. The Labute approximate surface area is 169 Å². The van der Waals surface area contributed by atoms with Crippen molar-refractivity contribution in [3.05, 3.63) is 94.2 Å². The van der Waals surface area contributed by atoms with Gasteiger partial charge in [-0.15, -0.1) is 0 Å². The van der Waals surface area contributed by atoms with E-state index in [9.17, 15) is 14.7 Å². The van der Waals surface area contributed by atoms with E-state index in [1.165, 1.54) is 6.08 Å². The van der Waals surface area contributed by atoms with Gasteiger partial charge in [0.2, 0.25) is 5.88 Å². The number of nitrogens with zero attached hydrogens (tertiary/aromatic N) is 1. The summed E-state index contributed by atoms with van der Waals surface area (Å²) in [5.41, 5.74) is 0.743. The SMILES string of the molecule is O=C(O)/C(=C/c1ccc(Oc2ncccc2Br)cc1)NC(=O)c1ccccc1. The number of nitrogens with one attached hydrogen (secondary N) is 1. The van der Waals surface area contributed by atoms with Crippen LogP contribution >= 0.6 is 15.9 Å². The highest BCUT2D eigenvalue weighted by Gasteiger charge is 2.13. The van der Waals surface area contributed by atoms with E-state index in [1.54, 1.807) is 66.9 Å². The molecular weight excluding hydrogens is 424 g/mol. The normalized spacial score (nSPS) is 11.0. The lowest BCUT2D eigenvalue weighted by Gasteiger charge is -2.08. The minimum atomic E-state index is -1.23. The number of carboxylic acids is 1. The molecule has 28 heavy (non-hydrogen) atoms. The molecule has 0 atom stereocenters. The Kier molecular flexibility index (Phi) is 6.18. The number of ether oxygens (including phenoxy) is 1. The second-order valence-electron chi connectivity index (χ2n) is 5.64. The summed E-state index contributed by atoms with van der Waals surface area (Å²) >= 11 is 3.36. The zero-order valence-corrected chi connectivity index (χ0v) is 16.1. The number of hydrogen-bond donors (Lipinski definition) is 2. The summed E-state index contributed by atoms with van der Waals surface area (Å²) in [6.45, 7) is 0. The van der Waals surface area contributed by atoms with Crippen LogP contribution in [0.3, 0.4) is 0 Å². The molecule has 3 rings (SSSR count). The molecule has 0 bridgehead atoms. The summed E-state index contributed by atoms with van der Waals surface area (Å²) in [7, 11) is 0. The quantitative estimate of drug-likeness (QED) is 0.553. The van der Waals surface area contributed by atoms with Gasteiger partial charge in [-0.25, -0.2) is 9.78 Å². The van der Waals surface area contributed by atoms with Crippen LogP contribution in [-0.4, -0.2) is 22.0 Å². The third-order valence-corrected chi connectivity index (χ3v) is 4.25. The van der Waals surface area contributed by atoms with Crippen molar-refractivity contribution >= 4 is 33.9 Å². The average molecular weight is 439 g/mol. The molecule has 140 valence electrons.